The van der Waals surface area contributed by atoms with Gasteiger partial charge in [0.25, 0.3) is 0 Å². The van der Waals surface area contributed by atoms with Gasteiger partial charge < -0.3 is 4.55 Å². The van der Waals surface area contributed by atoms with Gasteiger partial charge in [-0.15, -0.1) is 11.3 Å². The van der Waals surface area contributed by atoms with Crippen molar-refractivity contribution in [3.63, 3.8) is 0 Å². The van der Waals surface area contributed by atoms with Gasteiger partial charge in [-0.05, 0) is 44.9 Å². The fourth-order valence-electron chi connectivity index (χ4n) is 1.50. The van der Waals surface area contributed by atoms with Crippen LogP contribution in [0.3, 0.4) is 0 Å². The Morgan fingerprint density at radius 1 is 1.32 bits per heavy atom. The summed E-state index contributed by atoms with van der Waals surface area (Å²) in [7, 11) is 0. The smallest absolute Gasteiger partial charge is 0.136 e. The Kier molecular flexibility index (Phi) is 5.52. The van der Waals surface area contributed by atoms with Crippen molar-refractivity contribution in [1.82, 2.24) is 4.72 Å². The number of benzene rings is 1. The van der Waals surface area contributed by atoms with E-state index in [1.54, 1.807) is 6.08 Å². The molecular formula is C14H19F2NOS. The van der Waals surface area contributed by atoms with Gasteiger partial charge in [-0.1, -0.05) is 6.08 Å². The number of hydrogen-bond acceptors (Lipinski definition) is 2. The highest BCUT2D eigenvalue weighted by atomic mass is 32.2. The monoisotopic (exact) mass is 287 g/mol. The molecule has 2 nitrogen and oxygen atoms in total. The zero-order valence-corrected chi connectivity index (χ0v) is 12.2. The van der Waals surface area contributed by atoms with Crippen molar-refractivity contribution >= 4 is 11.4 Å². The van der Waals surface area contributed by atoms with Crippen LogP contribution >= 0.6 is 0 Å². The molecule has 5 heteroatoms. The van der Waals surface area contributed by atoms with Crippen LogP contribution in [-0.2, 0) is 11.4 Å². The van der Waals surface area contributed by atoms with E-state index in [1.807, 2.05) is 20.8 Å². The predicted octanol–water partition coefficient (Wildman–Crippen LogP) is 3.63. The van der Waals surface area contributed by atoms with Crippen LogP contribution in [0.2, 0.25) is 0 Å². The van der Waals surface area contributed by atoms with Crippen molar-refractivity contribution < 1.29 is 13.3 Å². The fourth-order valence-corrected chi connectivity index (χ4v) is 2.35. The number of nitrogens with one attached hydrogen (secondary N) is 1. The maximum Gasteiger partial charge on any atom is 0.136 e. The van der Waals surface area contributed by atoms with Crippen molar-refractivity contribution in [1.29, 1.82) is 0 Å². The van der Waals surface area contributed by atoms with Gasteiger partial charge in [0.2, 0.25) is 0 Å². The molecule has 1 rings (SSSR count). The average molecular weight is 287 g/mol. The summed E-state index contributed by atoms with van der Waals surface area (Å²) in [5.41, 5.74) is 0.426. The van der Waals surface area contributed by atoms with Gasteiger partial charge in [0.1, 0.15) is 16.4 Å². The SMILES string of the molecule is C=CCC(N[S@@+]([O-])C(C)(C)C)c1cc(F)cc(F)c1. The molecule has 2 atom stereocenters. The minimum absolute atomic E-state index is 0.426. The summed E-state index contributed by atoms with van der Waals surface area (Å²) in [6, 6.07) is 2.87. The third-order valence-corrected chi connectivity index (χ3v) is 4.11. The molecule has 106 valence electrons. The lowest BCUT2D eigenvalue weighted by Gasteiger charge is -2.27. The molecule has 0 radical (unpaired) electrons. The summed E-state index contributed by atoms with van der Waals surface area (Å²) in [6.45, 7) is 9.09. The molecule has 1 N–H and O–H groups in total. The highest BCUT2D eigenvalue weighted by molar-refractivity contribution is 7.90. The zero-order valence-electron chi connectivity index (χ0n) is 11.4. The Balaban J connectivity index is 2.96. The molecule has 0 aliphatic carbocycles. The van der Waals surface area contributed by atoms with Crippen molar-refractivity contribution in [2.24, 2.45) is 0 Å². The van der Waals surface area contributed by atoms with Crippen molar-refractivity contribution in [2.75, 3.05) is 0 Å². The summed E-state index contributed by atoms with van der Waals surface area (Å²) >= 11 is -1.33. The molecule has 0 bridgehead atoms. The third kappa shape index (κ3) is 4.93. The van der Waals surface area contributed by atoms with Crippen LogP contribution in [0.4, 0.5) is 8.78 Å². The van der Waals surface area contributed by atoms with E-state index in [-0.39, 0.29) is 0 Å². The molecule has 0 spiro atoms. The lowest BCUT2D eigenvalue weighted by Crippen LogP contribution is -2.41. The molecule has 0 aliphatic rings. The van der Waals surface area contributed by atoms with Gasteiger partial charge in [-0.25, -0.2) is 8.78 Å². The van der Waals surface area contributed by atoms with Crippen molar-refractivity contribution in [2.45, 2.75) is 38.0 Å². The molecular weight excluding hydrogens is 268 g/mol. The summed E-state index contributed by atoms with van der Waals surface area (Å²) in [4.78, 5) is 0. The highest BCUT2D eigenvalue weighted by Crippen LogP contribution is 2.24. The van der Waals surface area contributed by atoms with E-state index in [2.05, 4.69) is 11.3 Å². The van der Waals surface area contributed by atoms with Gasteiger partial charge in [0.15, 0.2) is 0 Å². The molecule has 0 aliphatic heterocycles. The highest BCUT2D eigenvalue weighted by Gasteiger charge is 2.29. The van der Waals surface area contributed by atoms with E-state index in [4.69, 9.17) is 0 Å². The van der Waals surface area contributed by atoms with Crippen LogP contribution < -0.4 is 4.72 Å². The molecule has 0 saturated carbocycles. The van der Waals surface area contributed by atoms with Crippen LogP contribution in [0.5, 0.6) is 0 Å². The van der Waals surface area contributed by atoms with Crippen LogP contribution in [0, 0.1) is 11.6 Å². The van der Waals surface area contributed by atoms with Crippen LogP contribution in [-0.4, -0.2) is 9.30 Å². The second kappa shape index (κ2) is 6.50. The van der Waals surface area contributed by atoms with Gasteiger partial charge in [-0.2, -0.15) is 0 Å². The Morgan fingerprint density at radius 3 is 2.26 bits per heavy atom. The minimum Gasteiger partial charge on any atom is -0.598 e. The van der Waals surface area contributed by atoms with E-state index >= 15 is 0 Å². The van der Waals surface area contributed by atoms with Gasteiger partial charge >= 0.3 is 0 Å². The Labute approximate surface area is 116 Å². The predicted molar refractivity (Wildman–Crippen MR) is 74.9 cm³/mol. The zero-order chi connectivity index (χ0) is 14.6. The molecule has 0 amide bonds. The van der Waals surface area contributed by atoms with Crippen molar-refractivity contribution in [3.05, 3.63) is 48.1 Å². The molecule has 0 aromatic heterocycles. The average Bonchev–Trinajstić information content (AvgIpc) is 2.25. The van der Waals surface area contributed by atoms with Crippen LogP contribution in [0.1, 0.15) is 38.8 Å². The second-order valence-electron chi connectivity index (χ2n) is 5.28. The Bertz CT molecular complexity index is 425. The standard InChI is InChI=1S/C14H19F2NOS/c1-5-6-13(17-19(18)14(2,3)4)10-7-11(15)9-12(16)8-10/h5,7-9,13,17H,1,6H2,2-4H3/t13?,19-/m0/s1. The summed E-state index contributed by atoms with van der Waals surface area (Å²) in [6.07, 6.45) is 2.06. The third-order valence-electron chi connectivity index (χ3n) is 2.50. The second-order valence-corrected chi connectivity index (χ2v) is 7.28. The summed E-state index contributed by atoms with van der Waals surface area (Å²) in [5, 5.41) is 0. The largest absolute Gasteiger partial charge is 0.598 e. The Hall–Kier alpha value is -0.910. The molecule has 1 unspecified atom stereocenters. The Morgan fingerprint density at radius 2 is 1.84 bits per heavy atom. The quantitative estimate of drug-likeness (QED) is 0.663. The number of halogens is 2. The maximum atomic E-state index is 13.2. The number of hydrogen-bond donors (Lipinski definition) is 1. The lowest BCUT2D eigenvalue weighted by molar-refractivity contribution is 0.519. The van der Waals surface area contributed by atoms with E-state index < -0.39 is 33.8 Å². The lowest BCUT2D eigenvalue weighted by atomic mass is 10.0. The van der Waals surface area contributed by atoms with Crippen LogP contribution in [0.15, 0.2) is 30.9 Å². The van der Waals surface area contributed by atoms with E-state index in [1.165, 1.54) is 12.1 Å². The first-order chi connectivity index (χ1) is 8.74. The van der Waals surface area contributed by atoms with Gasteiger partial charge in [0.05, 0.1) is 6.04 Å². The first-order valence-electron chi connectivity index (χ1n) is 5.99. The van der Waals surface area contributed by atoms with E-state index in [9.17, 15) is 13.3 Å². The maximum absolute atomic E-state index is 13.2. The molecule has 0 saturated heterocycles. The minimum atomic E-state index is -1.33. The van der Waals surface area contributed by atoms with E-state index in [0.29, 0.717) is 12.0 Å². The fraction of sp³-hybridized carbons (Fsp3) is 0.429. The molecule has 0 fully saturated rings. The molecule has 1 aromatic carbocycles. The normalized spacial score (nSPS) is 15.1. The number of rotatable bonds is 5. The van der Waals surface area contributed by atoms with Gasteiger partial charge in [-0.3, -0.25) is 0 Å². The summed E-state index contributed by atoms with van der Waals surface area (Å²) in [5.74, 6) is -1.29. The molecule has 0 heterocycles. The molecule has 1 aromatic rings. The summed E-state index contributed by atoms with van der Waals surface area (Å²) < 4.78 is 41.0. The topological polar surface area (TPSA) is 35.1 Å². The van der Waals surface area contributed by atoms with Crippen LogP contribution in [0.25, 0.3) is 0 Å². The first kappa shape index (κ1) is 16.1. The molecule has 19 heavy (non-hydrogen) atoms. The first-order valence-corrected chi connectivity index (χ1v) is 7.14. The van der Waals surface area contributed by atoms with Crippen molar-refractivity contribution in [3.8, 4) is 0 Å². The van der Waals surface area contributed by atoms with E-state index in [0.717, 1.165) is 6.07 Å². The van der Waals surface area contributed by atoms with Gasteiger partial charge in [0, 0.05) is 17.4 Å².